The molecule has 20 heavy (non-hydrogen) atoms. The lowest BCUT2D eigenvalue weighted by molar-refractivity contribution is -0.117. The number of nitrogens with one attached hydrogen (secondary N) is 2. The molecule has 0 aromatic heterocycles. The molecule has 0 spiro atoms. The molecule has 0 radical (unpaired) electrons. The molecule has 0 fully saturated rings. The predicted octanol–water partition coefficient (Wildman–Crippen LogP) is 3.11. The third-order valence-electron chi connectivity index (χ3n) is 3.35. The van der Waals surface area contributed by atoms with E-state index in [2.05, 4.69) is 10.6 Å². The molecule has 3 nitrogen and oxygen atoms in total. The van der Waals surface area contributed by atoms with Crippen LogP contribution >= 0.6 is 0 Å². The summed E-state index contributed by atoms with van der Waals surface area (Å²) >= 11 is 0. The first-order valence-electron chi connectivity index (χ1n) is 6.24. The molecule has 2 N–H and O–H groups in total. The van der Waals surface area contributed by atoms with Gasteiger partial charge < -0.3 is 10.6 Å². The molecule has 102 valence electrons. The smallest absolute Gasteiger partial charge is 0.233 e. The van der Waals surface area contributed by atoms with E-state index in [0.29, 0.717) is 0 Å². The second kappa shape index (κ2) is 4.92. The van der Waals surface area contributed by atoms with Crippen LogP contribution in [0.3, 0.4) is 0 Å². The van der Waals surface area contributed by atoms with Gasteiger partial charge in [-0.2, -0.15) is 0 Å². The molecule has 2 aromatic carbocycles. The first-order valence-corrected chi connectivity index (χ1v) is 6.24. The fraction of sp³-hybridized carbons (Fsp3) is 0.133. The van der Waals surface area contributed by atoms with Crippen LogP contribution in [0.15, 0.2) is 42.5 Å². The van der Waals surface area contributed by atoms with E-state index in [-0.39, 0.29) is 23.8 Å². The van der Waals surface area contributed by atoms with Crippen molar-refractivity contribution < 1.29 is 13.6 Å². The van der Waals surface area contributed by atoms with E-state index in [1.807, 2.05) is 30.3 Å². The van der Waals surface area contributed by atoms with E-state index >= 15 is 0 Å². The van der Waals surface area contributed by atoms with E-state index in [9.17, 15) is 13.6 Å². The molecule has 0 saturated carbocycles. The van der Waals surface area contributed by atoms with Crippen molar-refractivity contribution in [1.82, 2.24) is 0 Å². The summed E-state index contributed by atoms with van der Waals surface area (Å²) in [6.07, 6.45) is 0. The van der Waals surface area contributed by atoms with Crippen LogP contribution in [0, 0.1) is 11.6 Å². The number of halogens is 2. The molecule has 0 aliphatic carbocycles. The quantitative estimate of drug-likeness (QED) is 0.839. The van der Waals surface area contributed by atoms with Gasteiger partial charge in [0.15, 0.2) is 11.6 Å². The molecule has 0 saturated heterocycles. The Labute approximate surface area is 114 Å². The number of rotatable bonds is 1. The highest BCUT2D eigenvalue weighted by Crippen LogP contribution is 2.32. The van der Waals surface area contributed by atoms with E-state index in [0.717, 1.165) is 11.6 Å². The van der Waals surface area contributed by atoms with Gasteiger partial charge in [0, 0.05) is 6.54 Å². The molecule has 5 heteroatoms. The Morgan fingerprint density at radius 2 is 1.80 bits per heavy atom. The van der Waals surface area contributed by atoms with Gasteiger partial charge >= 0.3 is 0 Å². The summed E-state index contributed by atoms with van der Waals surface area (Å²) in [4.78, 5) is 12.2. The number of amides is 1. The fourth-order valence-electron chi connectivity index (χ4n) is 2.30. The number of anilines is 2. The van der Waals surface area contributed by atoms with Crippen molar-refractivity contribution in [3.63, 3.8) is 0 Å². The zero-order chi connectivity index (χ0) is 14.1. The zero-order valence-corrected chi connectivity index (χ0v) is 10.5. The Kier molecular flexibility index (Phi) is 3.10. The second-order valence-electron chi connectivity index (χ2n) is 4.62. The fourth-order valence-corrected chi connectivity index (χ4v) is 2.30. The van der Waals surface area contributed by atoms with Gasteiger partial charge in [0.1, 0.15) is 0 Å². The molecule has 1 heterocycles. The van der Waals surface area contributed by atoms with Gasteiger partial charge in [0.05, 0.1) is 17.3 Å². The third-order valence-corrected chi connectivity index (χ3v) is 3.35. The number of carbonyl (C=O) groups is 1. The molecule has 1 aliphatic heterocycles. The minimum atomic E-state index is -0.975. The predicted molar refractivity (Wildman–Crippen MR) is 72.7 cm³/mol. The summed E-state index contributed by atoms with van der Waals surface area (Å²) < 4.78 is 27.0. The molecule has 1 unspecified atom stereocenters. The van der Waals surface area contributed by atoms with Gasteiger partial charge in [0.25, 0.3) is 0 Å². The van der Waals surface area contributed by atoms with Crippen LogP contribution < -0.4 is 10.6 Å². The lowest BCUT2D eigenvalue weighted by Gasteiger charge is -2.13. The first-order chi connectivity index (χ1) is 9.66. The van der Waals surface area contributed by atoms with Crippen LogP contribution in [0.2, 0.25) is 0 Å². The van der Waals surface area contributed by atoms with Crippen LogP contribution in [0.4, 0.5) is 20.2 Å². The molecule has 1 aliphatic rings. The highest BCUT2D eigenvalue weighted by atomic mass is 19.2. The van der Waals surface area contributed by atoms with Gasteiger partial charge in [-0.15, -0.1) is 0 Å². The molecule has 3 rings (SSSR count). The van der Waals surface area contributed by atoms with Crippen molar-refractivity contribution >= 4 is 17.3 Å². The summed E-state index contributed by atoms with van der Waals surface area (Å²) in [6, 6.07) is 11.5. The third kappa shape index (κ3) is 2.11. The Morgan fingerprint density at radius 3 is 2.55 bits per heavy atom. The SMILES string of the molecule is O=C1Nc2ccc(F)c(F)c2NCC1c1ccccc1. The first kappa shape index (κ1) is 12.6. The zero-order valence-electron chi connectivity index (χ0n) is 10.5. The highest BCUT2D eigenvalue weighted by molar-refractivity contribution is 6.00. The lowest BCUT2D eigenvalue weighted by Crippen LogP contribution is -2.23. The van der Waals surface area contributed by atoms with Crippen molar-refractivity contribution in [3.8, 4) is 0 Å². The Hall–Kier alpha value is -2.43. The summed E-state index contributed by atoms with van der Waals surface area (Å²) in [5.41, 5.74) is 1.08. The van der Waals surface area contributed by atoms with E-state index in [4.69, 9.17) is 0 Å². The number of benzene rings is 2. The molecular weight excluding hydrogens is 262 g/mol. The summed E-state index contributed by atoms with van der Waals surface area (Å²) in [6.45, 7) is 0.212. The molecule has 1 atom stereocenters. The Bertz CT molecular complexity index is 658. The minimum Gasteiger partial charge on any atom is -0.380 e. The monoisotopic (exact) mass is 274 g/mol. The molecular formula is C15H12F2N2O. The number of hydrogen-bond donors (Lipinski definition) is 2. The molecule has 2 aromatic rings. The van der Waals surface area contributed by atoms with Crippen LogP contribution in [0.5, 0.6) is 0 Å². The molecule has 0 bridgehead atoms. The van der Waals surface area contributed by atoms with Crippen molar-refractivity contribution in [2.45, 2.75) is 5.92 Å². The Morgan fingerprint density at radius 1 is 1.05 bits per heavy atom. The maximum absolute atomic E-state index is 13.7. The number of fused-ring (bicyclic) bond motifs is 1. The highest BCUT2D eigenvalue weighted by Gasteiger charge is 2.27. The average Bonchev–Trinajstić information content (AvgIpc) is 2.63. The molecule has 1 amide bonds. The van der Waals surface area contributed by atoms with Crippen LogP contribution in [-0.2, 0) is 4.79 Å². The maximum atomic E-state index is 13.7. The van der Waals surface area contributed by atoms with Crippen LogP contribution in [0.1, 0.15) is 11.5 Å². The largest absolute Gasteiger partial charge is 0.380 e. The number of carbonyl (C=O) groups excluding carboxylic acids is 1. The normalized spacial score (nSPS) is 17.7. The standard InChI is InChI=1S/C15H12F2N2O/c16-11-6-7-12-14(13(11)17)18-8-10(15(20)19-12)9-4-2-1-3-5-9/h1-7,10,18H,8H2,(H,19,20). The van der Waals surface area contributed by atoms with Gasteiger partial charge in [-0.25, -0.2) is 8.78 Å². The van der Waals surface area contributed by atoms with Gasteiger partial charge in [-0.1, -0.05) is 30.3 Å². The topological polar surface area (TPSA) is 41.1 Å². The van der Waals surface area contributed by atoms with Crippen molar-refractivity contribution in [2.75, 3.05) is 17.2 Å². The summed E-state index contributed by atoms with van der Waals surface area (Å²) in [5.74, 6) is -2.61. The van der Waals surface area contributed by atoms with E-state index in [1.165, 1.54) is 6.07 Å². The summed E-state index contributed by atoms with van der Waals surface area (Å²) in [7, 11) is 0. The van der Waals surface area contributed by atoms with Crippen LogP contribution in [0.25, 0.3) is 0 Å². The van der Waals surface area contributed by atoms with E-state index < -0.39 is 17.6 Å². The van der Waals surface area contributed by atoms with Gasteiger partial charge in [0.2, 0.25) is 5.91 Å². The Balaban J connectivity index is 1.97. The number of hydrogen-bond acceptors (Lipinski definition) is 2. The van der Waals surface area contributed by atoms with Crippen molar-refractivity contribution in [3.05, 3.63) is 59.7 Å². The van der Waals surface area contributed by atoms with Crippen molar-refractivity contribution in [2.24, 2.45) is 0 Å². The van der Waals surface area contributed by atoms with Gasteiger partial charge in [-0.3, -0.25) is 4.79 Å². The minimum absolute atomic E-state index is 0.00298. The maximum Gasteiger partial charge on any atom is 0.233 e. The lowest BCUT2D eigenvalue weighted by atomic mass is 9.98. The second-order valence-corrected chi connectivity index (χ2v) is 4.62. The van der Waals surface area contributed by atoms with Gasteiger partial charge in [-0.05, 0) is 17.7 Å². The van der Waals surface area contributed by atoms with Crippen molar-refractivity contribution in [1.29, 1.82) is 0 Å². The summed E-state index contributed by atoms with van der Waals surface area (Å²) in [5, 5.41) is 5.45. The average molecular weight is 274 g/mol. The van der Waals surface area contributed by atoms with E-state index in [1.54, 1.807) is 0 Å². The van der Waals surface area contributed by atoms with Crippen LogP contribution in [-0.4, -0.2) is 12.5 Å².